The number of anilines is 6. The van der Waals surface area contributed by atoms with Gasteiger partial charge in [0.1, 0.15) is 0 Å². The monoisotopic (exact) mass is 792 g/mol. The molecule has 7 rings (SSSR count). The van der Waals surface area contributed by atoms with Crippen molar-refractivity contribution in [1.29, 1.82) is 0 Å². The molecule has 0 heterocycles. The summed E-state index contributed by atoms with van der Waals surface area (Å²) in [6.45, 7) is 0. The highest BCUT2D eigenvalue weighted by Crippen LogP contribution is 2.22. The second-order valence-corrected chi connectivity index (χ2v) is 13.4. The smallest absolute Gasteiger partial charge is 0.255 e. The number of carbonyl (C=O) groups is 6. The fourth-order valence-corrected chi connectivity index (χ4v) is 5.92. The van der Waals surface area contributed by atoms with Crippen molar-refractivity contribution in [2.45, 2.75) is 0 Å². The maximum atomic E-state index is 13.7. The van der Waals surface area contributed by atoms with E-state index in [0.29, 0.717) is 50.8 Å². The topological polar surface area (TPSA) is 175 Å². The molecule has 0 aliphatic heterocycles. The van der Waals surface area contributed by atoms with Crippen molar-refractivity contribution in [2.24, 2.45) is 0 Å². The van der Waals surface area contributed by atoms with Crippen LogP contribution < -0.4 is 31.9 Å². The molecule has 0 fully saturated rings. The van der Waals surface area contributed by atoms with Crippen LogP contribution in [0, 0.1) is 0 Å². The van der Waals surface area contributed by atoms with Crippen LogP contribution in [-0.2, 0) is 0 Å². The molecule has 6 N–H and O–H groups in total. The number of hydrogen-bond donors (Lipinski definition) is 6. The minimum atomic E-state index is -0.600. The summed E-state index contributed by atoms with van der Waals surface area (Å²) in [6, 6.07) is 49.8. The summed E-state index contributed by atoms with van der Waals surface area (Å²) in [7, 11) is 0. The Bertz CT molecular complexity index is 2360. The second-order valence-electron chi connectivity index (χ2n) is 13.4. The minimum absolute atomic E-state index is 0.0206. The van der Waals surface area contributed by atoms with Gasteiger partial charge in [-0.3, -0.25) is 28.8 Å². The Labute approximate surface area is 344 Å². The predicted molar refractivity (Wildman–Crippen MR) is 233 cm³/mol. The zero-order chi connectivity index (χ0) is 41.8. The van der Waals surface area contributed by atoms with Crippen LogP contribution in [0.5, 0.6) is 0 Å². The van der Waals surface area contributed by atoms with E-state index < -0.39 is 17.7 Å². The maximum Gasteiger partial charge on any atom is 0.255 e. The van der Waals surface area contributed by atoms with Gasteiger partial charge in [0.15, 0.2) is 0 Å². The average molecular weight is 793 g/mol. The lowest BCUT2D eigenvalue weighted by atomic mass is 10.0. The van der Waals surface area contributed by atoms with Crippen LogP contribution in [0.1, 0.15) is 62.1 Å². The molecule has 0 unspecified atom stereocenters. The molecule has 7 aromatic carbocycles. The third-order valence-electron chi connectivity index (χ3n) is 9.03. The number of amides is 6. The fourth-order valence-electron chi connectivity index (χ4n) is 5.92. The van der Waals surface area contributed by atoms with Gasteiger partial charge in [-0.05, 0) is 127 Å². The maximum absolute atomic E-state index is 13.7. The number of benzene rings is 7. The molecule has 0 bridgehead atoms. The van der Waals surface area contributed by atoms with Crippen LogP contribution in [-0.4, -0.2) is 35.4 Å². The van der Waals surface area contributed by atoms with Crippen molar-refractivity contribution in [3.63, 3.8) is 0 Å². The Morgan fingerprint density at radius 1 is 0.217 bits per heavy atom. The van der Waals surface area contributed by atoms with Crippen LogP contribution in [0.3, 0.4) is 0 Å². The highest BCUT2D eigenvalue weighted by Gasteiger charge is 2.18. The van der Waals surface area contributed by atoms with Crippen LogP contribution in [0.15, 0.2) is 182 Å². The van der Waals surface area contributed by atoms with Gasteiger partial charge in [-0.25, -0.2) is 0 Å². The molecule has 294 valence electrons. The van der Waals surface area contributed by atoms with Gasteiger partial charge in [-0.2, -0.15) is 0 Å². The Balaban J connectivity index is 1.07. The van der Waals surface area contributed by atoms with E-state index in [1.807, 2.05) is 18.2 Å². The number of carbonyl (C=O) groups excluding carboxylic acids is 6. The largest absolute Gasteiger partial charge is 0.322 e. The average Bonchev–Trinajstić information content (AvgIpc) is 3.29. The lowest BCUT2D eigenvalue weighted by molar-refractivity contribution is 0.101. The van der Waals surface area contributed by atoms with E-state index in [2.05, 4.69) is 31.9 Å². The molecule has 12 nitrogen and oxygen atoms in total. The lowest BCUT2D eigenvalue weighted by Gasteiger charge is -2.13. The summed E-state index contributed by atoms with van der Waals surface area (Å²) in [5.74, 6) is -2.66. The molecule has 60 heavy (non-hydrogen) atoms. The fraction of sp³-hybridized carbons (Fsp3) is 0. The molecule has 0 radical (unpaired) electrons. The molecule has 0 saturated carbocycles. The van der Waals surface area contributed by atoms with Crippen LogP contribution in [0.25, 0.3) is 0 Å². The van der Waals surface area contributed by atoms with Crippen molar-refractivity contribution in [1.82, 2.24) is 0 Å². The summed E-state index contributed by atoms with van der Waals surface area (Å²) >= 11 is 0. The lowest BCUT2D eigenvalue weighted by Crippen LogP contribution is -2.19. The van der Waals surface area contributed by atoms with Gasteiger partial charge in [-0.1, -0.05) is 54.6 Å². The molecule has 0 atom stereocenters. The normalized spacial score (nSPS) is 10.4. The SMILES string of the molecule is O=C(Nc1ccc(NC(=O)c2cc(C(=O)Nc3ccc(NC(=O)c4ccccc4)cc3)cc(C(=O)Nc3ccc(NC(=O)c4ccccc4)cc3)c2)cc1)c1ccccc1. The molecule has 7 aromatic rings. The quantitative estimate of drug-likeness (QED) is 0.0719. The zero-order valence-electron chi connectivity index (χ0n) is 31.8. The molecular formula is C48H36N6O6. The third kappa shape index (κ3) is 10.4. The van der Waals surface area contributed by atoms with Gasteiger partial charge in [0, 0.05) is 67.5 Å². The summed E-state index contributed by atoms with van der Waals surface area (Å²) in [4.78, 5) is 78.8. The van der Waals surface area contributed by atoms with E-state index in [0.717, 1.165) is 0 Å². The van der Waals surface area contributed by atoms with Gasteiger partial charge < -0.3 is 31.9 Å². The van der Waals surface area contributed by atoms with Crippen molar-refractivity contribution < 1.29 is 28.8 Å². The summed E-state index contributed by atoms with van der Waals surface area (Å²) < 4.78 is 0. The first-order valence-corrected chi connectivity index (χ1v) is 18.7. The number of nitrogens with one attached hydrogen (secondary N) is 6. The Morgan fingerprint density at radius 3 is 0.567 bits per heavy atom. The van der Waals surface area contributed by atoms with Crippen LogP contribution in [0.2, 0.25) is 0 Å². The van der Waals surface area contributed by atoms with E-state index in [-0.39, 0.29) is 34.4 Å². The molecule has 0 aromatic heterocycles. The molecule has 0 aliphatic rings. The first-order valence-electron chi connectivity index (χ1n) is 18.7. The summed E-state index contributed by atoms with van der Waals surface area (Å²) in [6.07, 6.45) is 0. The molecule has 0 aliphatic carbocycles. The van der Waals surface area contributed by atoms with Gasteiger partial charge in [0.2, 0.25) is 0 Å². The van der Waals surface area contributed by atoms with E-state index in [9.17, 15) is 28.8 Å². The zero-order valence-corrected chi connectivity index (χ0v) is 31.8. The minimum Gasteiger partial charge on any atom is -0.322 e. The van der Waals surface area contributed by atoms with Gasteiger partial charge in [0.05, 0.1) is 0 Å². The highest BCUT2D eigenvalue weighted by atomic mass is 16.2. The van der Waals surface area contributed by atoms with Gasteiger partial charge in [0.25, 0.3) is 35.4 Å². The first-order chi connectivity index (χ1) is 29.2. The summed E-state index contributed by atoms with van der Waals surface area (Å²) in [5, 5.41) is 16.8. The standard InChI is InChI=1S/C48H36N6O6/c55-43(31-10-4-1-5-11-31)49-37-16-22-40(23-17-37)52-46(58)34-28-35(47(59)53-41-24-18-38(19-25-41)50-44(56)32-12-6-2-7-13-32)30-36(29-34)48(60)54-42-26-20-39(21-27-42)51-45(57)33-14-8-3-9-15-33/h1-30H,(H,49,55)(H,50,56)(H,51,57)(H,52,58)(H,53,59)(H,54,60). The Morgan fingerprint density at radius 2 is 0.383 bits per heavy atom. The molecular weight excluding hydrogens is 757 g/mol. The van der Waals surface area contributed by atoms with Crippen molar-refractivity contribution in [2.75, 3.05) is 31.9 Å². The predicted octanol–water partition coefficient (Wildman–Crippen LogP) is 9.20. The molecule has 0 saturated heterocycles. The van der Waals surface area contributed by atoms with Crippen LogP contribution in [0.4, 0.5) is 34.1 Å². The van der Waals surface area contributed by atoms with Crippen LogP contribution >= 0.6 is 0 Å². The molecule has 6 amide bonds. The molecule has 0 spiro atoms. The first kappa shape index (κ1) is 39.6. The van der Waals surface area contributed by atoms with Crippen molar-refractivity contribution in [3.05, 3.63) is 215 Å². The molecule has 12 heteroatoms. The highest BCUT2D eigenvalue weighted by molar-refractivity contribution is 6.13. The number of rotatable bonds is 12. The van der Waals surface area contributed by atoms with Crippen molar-refractivity contribution >= 4 is 69.6 Å². The third-order valence-corrected chi connectivity index (χ3v) is 9.03. The van der Waals surface area contributed by atoms with Gasteiger partial charge >= 0.3 is 0 Å². The van der Waals surface area contributed by atoms with E-state index in [1.54, 1.807) is 146 Å². The Kier molecular flexibility index (Phi) is 12.2. The van der Waals surface area contributed by atoms with E-state index in [1.165, 1.54) is 18.2 Å². The number of hydrogen-bond acceptors (Lipinski definition) is 6. The van der Waals surface area contributed by atoms with Crippen molar-refractivity contribution in [3.8, 4) is 0 Å². The van der Waals surface area contributed by atoms with E-state index >= 15 is 0 Å². The summed E-state index contributed by atoms with van der Waals surface area (Å²) in [5.41, 5.74) is 4.28. The van der Waals surface area contributed by atoms with Gasteiger partial charge in [-0.15, -0.1) is 0 Å². The van der Waals surface area contributed by atoms with E-state index in [4.69, 9.17) is 0 Å². The second kappa shape index (κ2) is 18.5. The Hall–Kier alpha value is -8.64.